The molecule has 29 heavy (non-hydrogen) atoms. The maximum absolute atomic E-state index is 12.7. The summed E-state index contributed by atoms with van der Waals surface area (Å²) in [5.74, 6) is 2.35. The molecule has 1 aliphatic carbocycles. The fourth-order valence-electron chi connectivity index (χ4n) is 4.89. The molecule has 1 saturated carbocycles. The number of fused-ring (bicyclic) bond motifs is 1. The molecule has 2 aliphatic rings. The molecule has 5 heteroatoms. The predicted molar refractivity (Wildman–Crippen MR) is 113 cm³/mol. The summed E-state index contributed by atoms with van der Waals surface area (Å²) in [6, 6.07) is 18.6. The van der Waals surface area contributed by atoms with Crippen molar-refractivity contribution < 1.29 is 9.53 Å². The molecule has 0 N–H and O–H groups in total. The van der Waals surface area contributed by atoms with E-state index in [2.05, 4.69) is 21.6 Å². The number of likely N-dealkylation sites (tertiary alicyclic amines) is 1. The minimum absolute atomic E-state index is 0.159. The molecule has 2 heterocycles. The summed E-state index contributed by atoms with van der Waals surface area (Å²) >= 11 is 0. The van der Waals surface area contributed by atoms with Gasteiger partial charge in [-0.25, -0.2) is 4.98 Å². The Morgan fingerprint density at radius 1 is 1.00 bits per heavy atom. The molecule has 1 amide bonds. The topological polar surface area (TPSA) is 47.4 Å². The van der Waals surface area contributed by atoms with Crippen molar-refractivity contribution in [3.05, 3.63) is 60.4 Å². The van der Waals surface area contributed by atoms with Gasteiger partial charge in [-0.2, -0.15) is 0 Å². The van der Waals surface area contributed by atoms with E-state index in [-0.39, 0.29) is 5.92 Å². The van der Waals surface area contributed by atoms with Crippen LogP contribution < -0.4 is 4.74 Å². The van der Waals surface area contributed by atoms with Gasteiger partial charge in [0.2, 0.25) is 5.91 Å². The van der Waals surface area contributed by atoms with Gasteiger partial charge in [0.15, 0.2) is 0 Å². The number of amides is 1. The van der Waals surface area contributed by atoms with Gasteiger partial charge in [-0.1, -0.05) is 43.2 Å². The molecule has 1 aliphatic heterocycles. The summed E-state index contributed by atoms with van der Waals surface area (Å²) in [5.41, 5.74) is 2.11. The van der Waals surface area contributed by atoms with Gasteiger partial charge >= 0.3 is 0 Å². The molecular weight excluding hydrogens is 362 g/mol. The molecule has 0 bridgehead atoms. The second-order valence-corrected chi connectivity index (χ2v) is 8.16. The zero-order valence-corrected chi connectivity index (χ0v) is 16.7. The van der Waals surface area contributed by atoms with Gasteiger partial charge in [0.25, 0.3) is 0 Å². The van der Waals surface area contributed by atoms with Crippen molar-refractivity contribution in [2.45, 2.75) is 50.6 Å². The highest BCUT2D eigenvalue weighted by Crippen LogP contribution is 2.35. The van der Waals surface area contributed by atoms with Crippen molar-refractivity contribution in [2.24, 2.45) is 0 Å². The number of rotatable bonds is 6. The lowest BCUT2D eigenvalue weighted by atomic mass is 10.1. The summed E-state index contributed by atoms with van der Waals surface area (Å²) in [5, 5.41) is 0. The van der Waals surface area contributed by atoms with Crippen molar-refractivity contribution >= 4 is 16.9 Å². The highest BCUT2D eigenvalue weighted by atomic mass is 16.5. The minimum Gasteiger partial charge on any atom is -0.492 e. The highest BCUT2D eigenvalue weighted by Gasteiger charge is 2.38. The Kier molecular flexibility index (Phi) is 4.96. The summed E-state index contributed by atoms with van der Waals surface area (Å²) in [4.78, 5) is 19.8. The number of benzene rings is 2. The number of hydrogen-bond acceptors (Lipinski definition) is 3. The van der Waals surface area contributed by atoms with E-state index in [0.717, 1.165) is 48.5 Å². The van der Waals surface area contributed by atoms with Crippen LogP contribution in [0.3, 0.4) is 0 Å². The summed E-state index contributed by atoms with van der Waals surface area (Å²) < 4.78 is 8.20. The number of ether oxygens (including phenoxy) is 1. The van der Waals surface area contributed by atoms with E-state index < -0.39 is 0 Å². The van der Waals surface area contributed by atoms with Crippen LogP contribution in [0.5, 0.6) is 5.75 Å². The number of imidazole rings is 1. The third-order valence-electron chi connectivity index (χ3n) is 6.30. The van der Waals surface area contributed by atoms with Crippen LogP contribution in [-0.4, -0.2) is 39.6 Å². The lowest BCUT2D eigenvalue weighted by Crippen LogP contribution is -2.34. The normalized spacial score (nSPS) is 20.1. The third-order valence-corrected chi connectivity index (χ3v) is 6.30. The maximum Gasteiger partial charge on any atom is 0.223 e. The largest absolute Gasteiger partial charge is 0.492 e. The van der Waals surface area contributed by atoms with E-state index in [4.69, 9.17) is 9.72 Å². The Morgan fingerprint density at radius 2 is 1.76 bits per heavy atom. The molecule has 1 unspecified atom stereocenters. The molecule has 1 aromatic heterocycles. The first-order valence-electron chi connectivity index (χ1n) is 10.7. The first kappa shape index (κ1) is 18.2. The van der Waals surface area contributed by atoms with E-state index in [1.54, 1.807) is 0 Å². The Balaban J connectivity index is 1.38. The Hall–Kier alpha value is -2.82. The second kappa shape index (κ2) is 7.90. The molecule has 5 rings (SSSR count). The number of nitrogens with zero attached hydrogens (tertiary/aromatic N) is 3. The minimum atomic E-state index is 0.159. The van der Waals surface area contributed by atoms with Crippen LogP contribution in [0.25, 0.3) is 11.0 Å². The molecule has 0 radical (unpaired) electrons. The quantitative estimate of drug-likeness (QED) is 0.629. The molecule has 3 aromatic rings. The van der Waals surface area contributed by atoms with Crippen LogP contribution in [0.15, 0.2) is 54.6 Å². The molecule has 0 spiro atoms. The Labute approximate surface area is 171 Å². The Bertz CT molecular complexity index is 992. The average Bonchev–Trinajstić information content (AvgIpc) is 3.47. The smallest absolute Gasteiger partial charge is 0.223 e. The van der Waals surface area contributed by atoms with Gasteiger partial charge in [0, 0.05) is 24.9 Å². The van der Waals surface area contributed by atoms with Crippen molar-refractivity contribution in [3.8, 4) is 5.75 Å². The number of carbonyl (C=O) groups excluding carboxylic acids is 1. The monoisotopic (exact) mass is 389 g/mol. The maximum atomic E-state index is 12.7. The lowest BCUT2D eigenvalue weighted by Gasteiger charge is -2.24. The van der Waals surface area contributed by atoms with Crippen LogP contribution in [0.4, 0.5) is 0 Å². The number of aromatic nitrogens is 2. The number of carbonyl (C=O) groups is 1. The van der Waals surface area contributed by atoms with Crippen molar-refractivity contribution in [2.75, 3.05) is 13.2 Å². The number of para-hydroxylation sites is 3. The van der Waals surface area contributed by atoms with Crippen LogP contribution >= 0.6 is 0 Å². The zero-order valence-electron chi connectivity index (χ0n) is 16.7. The van der Waals surface area contributed by atoms with Crippen molar-refractivity contribution in [3.63, 3.8) is 0 Å². The van der Waals surface area contributed by atoms with Crippen molar-refractivity contribution in [1.82, 2.24) is 14.5 Å². The van der Waals surface area contributed by atoms with Crippen molar-refractivity contribution in [1.29, 1.82) is 0 Å². The average molecular weight is 389 g/mol. The van der Waals surface area contributed by atoms with E-state index >= 15 is 0 Å². The van der Waals surface area contributed by atoms with Gasteiger partial charge < -0.3 is 14.2 Å². The van der Waals surface area contributed by atoms with Gasteiger partial charge in [0.05, 0.1) is 17.6 Å². The third kappa shape index (κ3) is 3.61. The van der Waals surface area contributed by atoms with Crippen LogP contribution in [0.1, 0.15) is 43.8 Å². The molecular formula is C24H27N3O2. The SMILES string of the molecule is O=C1CC(c2nc3ccccc3n2CCOc2ccccc2)CN1C1CCCC1. The fraction of sp³-hybridized carbons (Fsp3) is 0.417. The van der Waals surface area contributed by atoms with Crippen LogP contribution in [-0.2, 0) is 11.3 Å². The molecule has 1 atom stereocenters. The summed E-state index contributed by atoms with van der Waals surface area (Å²) in [6.07, 6.45) is 5.36. The van der Waals surface area contributed by atoms with Gasteiger partial charge in [-0.15, -0.1) is 0 Å². The molecule has 2 fully saturated rings. The molecule has 1 saturated heterocycles. The van der Waals surface area contributed by atoms with E-state index in [1.165, 1.54) is 12.8 Å². The lowest BCUT2D eigenvalue weighted by molar-refractivity contribution is -0.129. The van der Waals surface area contributed by atoms with E-state index in [1.807, 2.05) is 42.5 Å². The first-order chi connectivity index (χ1) is 14.3. The van der Waals surface area contributed by atoms with Crippen LogP contribution in [0, 0.1) is 0 Å². The van der Waals surface area contributed by atoms with E-state index in [0.29, 0.717) is 25.0 Å². The van der Waals surface area contributed by atoms with Gasteiger partial charge in [-0.3, -0.25) is 4.79 Å². The van der Waals surface area contributed by atoms with Crippen LogP contribution in [0.2, 0.25) is 0 Å². The molecule has 2 aromatic carbocycles. The van der Waals surface area contributed by atoms with E-state index in [9.17, 15) is 4.79 Å². The second-order valence-electron chi connectivity index (χ2n) is 8.16. The molecule has 150 valence electrons. The fourth-order valence-corrected chi connectivity index (χ4v) is 4.89. The highest BCUT2D eigenvalue weighted by molar-refractivity contribution is 5.81. The Morgan fingerprint density at radius 3 is 2.59 bits per heavy atom. The summed E-state index contributed by atoms with van der Waals surface area (Å²) in [7, 11) is 0. The molecule has 5 nitrogen and oxygen atoms in total. The standard InChI is InChI=1S/C24H27N3O2/c28-23-16-18(17-27(23)19-8-4-5-9-19)24-25-21-12-6-7-13-22(21)26(24)14-15-29-20-10-2-1-3-11-20/h1-3,6-7,10-13,18-19H,4-5,8-9,14-17H2. The number of hydrogen-bond donors (Lipinski definition) is 0. The predicted octanol–water partition coefficient (Wildman–Crippen LogP) is 4.37. The zero-order chi connectivity index (χ0) is 19.6. The first-order valence-corrected chi connectivity index (χ1v) is 10.7. The van der Waals surface area contributed by atoms with Gasteiger partial charge in [0.1, 0.15) is 18.2 Å². The van der Waals surface area contributed by atoms with Gasteiger partial charge in [-0.05, 0) is 37.1 Å². The summed E-state index contributed by atoms with van der Waals surface area (Å²) in [6.45, 7) is 2.09.